The molecule has 0 bridgehead atoms. The molecule has 0 aromatic heterocycles. The van der Waals surface area contributed by atoms with Gasteiger partial charge in [0.1, 0.15) is 5.75 Å². The normalized spacial score (nSPS) is 10.8. The Kier molecular flexibility index (Phi) is 8.03. The Morgan fingerprint density at radius 3 is 2.50 bits per heavy atom. The zero-order valence-electron chi connectivity index (χ0n) is 17.5. The summed E-state index contributed by atoms with van der Waals surface area (Å²) in [6.45, 7) is 3.75. The van der Waals surface area contributed by atoms with Crippen LogP contribution in [0.2, 0.25) is 5.02 Å². The van der Waals surface area contributed by atoms with Gasteiger partial charge in [0.2, 0.25) is 0 Å². The largest absolute Gasteiger partial charge is 0.482 e. The van der Waals surface area contributed by atoms with E-state index in [0.29, 0.717) is 21.9 Å². The van der Waals surface area contributed by atoms with Gasteiger partial charge in [-0.3, -0.25) is 9.59 Å². The summed E-state index contributed by atoms with van der Waals surface area (Å²) in [5.74, 6) is -0.234. The second kappa shape index (κ2) is 10.9. The maximum atomic E-state index is 12.2. The number of aryl methyl sites for hydroxylation is 2. The van der Waals surface area contributed by atoms with Crippen molar-refractivity contribution in [2.45, 2.75) is 13.8 Å². The molecule has 3 aromatic rings. The molecule has 2 N–H and O–H groups in total. The Morgan fingerprint density at radius 1 is 1.06 bits per heavy atom. The standard InChI is InChI=1S/C24H21BrClN3O3/c1-15-3-9-21(16(2)11-15)28-23(30)14-32-22-10-4-17(12-20(22)26)13-27-29-24(31)18-5-7-19(25)8-6-18/h3-13H,14H2,1-2H3,(H,28,30)(H,29,31)/b27-13+. The van der Waals surface area contributed by atoms with E-state index in [9.17, 15) is 9.59 Å². The summed E-state index contributed by atoms with van der Waals surface area (Å²) in [6.07, 6.45) is 1.47. The van der Waals surface area contributed by atoms with Gasteiger partial charge in [-0.1, -0.05) is 45.2 Å². The molecule has 0 spiro atoms. The molecule has 0 saturated carbocycles. The lowest BCUT2D eigenvalue weighted by Crippen LogP contribution is -2.20. The quantitative estimate of drug-likeness (QED) is 0.323. The summed E-state index contributed by atoms with van der Waals surface area (Å²) >= 11 is 9.58. The number of rotatable bonds is 7. The van der Waals surface area contributed by atoms with E-state index in [1.165, 1.54) is 6.21 Å². The van der Waals surface area contributed by atoms with Gasteiger partial charge in [-0.2, -0.15) is 5.10 Å². The topological polar surface area (TPSA) is 79.8 Å². The highest BCUT2D eigenvalue weighted by atomic mass is 79.9. The van der Waals surface area contributed by atoms with Gasteiger partial charge in [0.25, 0.3) is 11.8 Å². The molecule has 3 rings (SSSR count). The molecule has 0 saturated heterocycles. The number of nitrogens with one attached hydrogen (secondary N) is 2. The van der Waals surface area contributed by atoms with Crippen LogP contribution in [0.1, 0.15) is 27.0 Å². The maximum absolute atomic E-state index is 12.2. The highest BCUT2D eigenvalue weighted by Gasteiger charge is 2.09. The van der Waals surface area contributed by atoms with Crippen LogP contribution in [0, 0.1) is 13.8 Å². The summed E-state index contributed by atoms with van der Waals surface area (Å²) in [6, 6.07) is 17.7. The molecule has 0 radical (unpaired) electrons. The second-order valence-electron chi connectivity index (χ2n) is 7.05. The van der Waals surface area contributed by atoms with Gasteiger partial charge in [-0.15, -0.1) is 0 Å². The van der Waals surface area contributed by atoms with Gasteiger partial charge in [-0.05, 0) is 73.5 Å². The molecule has 0 aliphatic carbocycles. The number of nitrogens with zero attached hydrogens (tertiary/aromatic N) is 1. The molecule has 164 valence electrons. The van der Waals surface area contributed by atoms with Crippen LogP contribution in [0.15, 0.2) is 70.2 Å². The van der Waals surface area contributed by atoms with Crippen molar-refractivity contribution in [3.63, 3.8) is 0 Å². The van der Waals surface area contributed by atoms with Crippen molar-refractivity contribution in [1.82, 2.24) is 5.43 Å². The molecule has 0 heterocycles. The number of anilines is 1. The first-order valence-corrected chi connectivity index (χ1v) is 10.9. The highest BCUT2D eigenvalue weighted by molar-refractivity contribution is 9.10. The molecule has 6 nitrogen and oxygen atoms in total. The van der Waals surface area contributed by atoms with Gasteiger partial charge < -0.3 is 10.1 Å². The van der Waals surface area contributed by atoms with Crippen LogP contribution in [-0.4, -0.2) is 24.6 Å². The smallest absolute Gasteiger partial charge is 0.271 e. The second-order valence-corrected chi connectivity index (χ2v) is 8.37. The third-order valence-corrected chi connectivity index (χ3v) is 5.28. The lowest BCUT2D eigenvalue weighted by molar-refractivity contribution is -0.118. The van der Waals surface area contributed by atoms with Crippen LogP contribution < -0.4 is 15.5 Å². The Bertz CT molecular complexity index is 1160. The first-order valence-electron chi connectivity index (χ1n) is 9.70. The third-order valence-electron chi connectivity index (χ3n) is 4.46. The summed E-state index contributed by atoms with van der Waals surface area (Å²) in [4.78, 5) is 24.3. The number of benzene rings is 3. The number of carbonyl (C=O) groups is 2. The van der Waals surface area contributed by atoms with Crippen LogP contribution >= 0.6 is 27.5 Å². The maximum Gasteiger partial charge on any atom is 0.271 e. The van der Waals surface area contributed by atoms with E-state index in [1.807, 2.05) is 32.0 Å². The summed E-state index contributed by atoms with van der Waals surface area (Å²) in [7, 11) is 0. The number of ether oxygens (including phenoxy) is 1. The summed E-state index contributed by atoms with van der Waals surface area (Å²) in [5, 5.41) is 7.10. The van der Waals surface area contributed by atoms with Gasteiger partial charge in [-0.25, -0.2) is 5.43 Å². The Balaban J connectivity index is 1.53. The van der Waals surface area contributed by atoms with Crippen LogP contribution in [0.4, 0.5) is 5.69 Å². The lowest BCUT2D eigenvalue weighted by Gasteiger charge is -2.11. The van der Waals surface area contributed by atoms with E-state index in [4.69, 9.17) is 16.3 Å². The molecular weight excluding hydrogens is 494 g/mol. The number of carbonyl (C=O) groups excluding carboxylic acids is 2. The monoisotopic (exact) mass is 513 g/mol. The van der Waals surface area contributed by atoms with Gasteiger partial charge in [0.15, 0.2) is 6.61 Å². The Hall–Kier alpha value is -3.16. The molecule has 0 atom stereocenters. The molecular formula is C24H21BrClN3O3. The van der Waals surface area contributed by atoms with E-state index >= 15 is 0 Å². The molecule has 3 aromatic carbocycles. The molecule has 0 unspecified atom stereocenters. The third kappa shape index (κ3) is 6.67. The van der Waals surface area contributed by atoms with E-state index in [-0.39, 0.29) is 18.4 Å². The first-order chi connectivity index (χ1) is 15.3. The minimum atomic E-state index is -0.324. The predicted octanol–water partition coefficient (Wildman–Crippen LogP) is 5.50. The SMILES string of the molecule is Cc1ccc(NC(=O)COc2ccc(/C=N/NC(=O)c3ccc(Br)cc3)cc2Cl)c(C)c1. The molecule has 2 amide bonds. The summed E-state index contributed by atoms with van der Waals surface area (Å²) in [5.41, 5.74) is 6.46. The van der Waals surface area contributed by atoms with E-state index < -0.39 is 0 Å². The minimum absolute atomic E-state index is 0.177. The van der Waals surface area contributed by atoms with Gasteiger partial charge >= 0.3 is 0 Å². The fourth-order valence-corrected chi connectivity index (χ4v) is 3.34. The zero-order valence-corrected chi connectivity index (χ0v) is 19.8. The van der Waals surface area contributed by atoms with Crippen LogP contribution in [0.3, 0.4) is 0 Å². The number of halogens is 2. The average molecular weight is 515 g/mol. The van der Waals surface area contributed by atoms with Crippen molar-refractivity contribution in [3.8, 4) is 5.75 Å². The minimum Gasteiger partial charge on any atom is -0.482 e. The zero-order chi connectivity index (χ0) is 23.1. The molecule has 8 heteroatoms. The number of amides is 2. The van der Waals surface area contributed by atoms with Crippen molar-refractivity contribution in [2.75, 3.05) is 11.9 Å². The number of hydrogen-bond acceptors (Lipinski definition) is 4. The van der Waals surface area contributed by atoms with Gasteiger partial charge in [0, 0.05) is 15.7 Å². The van der Waals surface area contributed by atoms with Crippen molar-refractivity contribution in [2.24, 2.45) is 5.10 Å². The molecule has 0 aliphatic heterocycles. The number of hydrazone groups is 1. The molecule has 0 aliphatic rings. The molecule has 32 heavy (non-hydrogen) atoms. The summed E-state index contributed by atoms with van der Waals surface area (Å²) < 4.78 is 6.42. The van der Waals surface area contributed by atoms with Crippen LogP contribution in [0.25, 0.3) is 0 Å². The van der Waals surface area contributed by atoms with E-state index in [2.05, 4.69) is 31.8 Å². The first kappa shape index (κ1) is 23.5. The van der Waals surface area contributed by atoms with Crippen LogP contribution in [0.5, 0.6) is 5.75 Å². The van der Waals surface area contributed by atoms with E-state index in [1.54, 1.807) is 42.5 Å². The van der Waals surface area contributed by atoms with Crippen molar-refractivity contribution in [1.29, 1.82) is 0 Å². The highest BCUT2D eigenvalue weighted by Crippen LogP contribution is 2.25. The fourth-order valence-electron chi connectivity index (χ4n) is 2.83. The average Bonchev–Trinajstić information content (AvgIpc) is 2.75. The Morgan fingerprint density at radius 2 is 1.81 bits per heavy atom. The fraction of sp³-hybridized carbons (Fsp3) is 0.125. The predicted molar refractivity (Wildman–Crippen MR) is 131 cm³/mol. The van der Waals surface area contributed by atoms with Crippen molar-refractivity contribution >= 4 is 51.2 Å². The van der Waals surface area contributed by atoms with Crippen LogP contribution in [-0.2, 0) is 4.79 Å². The van der Waals surface area contributed by atoms with E-state index in [0.717, 1.165) is 21.3 Å². The Labute approximate surface area is 199 Å². The molecule has 0 fully saturated rings. The van der Waals surface area contributed by atoms with Crippen molar-refractivity contribution < 1.29 is 14.3 Å². The van der Waals surface area contributed by atoms with Crippen molar-refractivity contribution in [3.05, 3.63) is 92.4 Å². The lowest BCUT2D eigenvalue weighted by atomic mass is 10.1. The number of hydrogen-bond donors (Lipinski definition) is 2. The van der Waals surface area contributed by atoms with Gasteiger partial charge in [0.05, 0.1) is 11.2 Å².